The number of nitrogens with zero attached hydrogens (tertiary/aromatic N) is 3. The Morgan fingerprint density at radius 1 is 1.17 bits per heavy atom. The predicted molar refractivity (Wildman–Crippen MR) is 77.5 cm³/mol. The van der Waals surface area contributed by atoms with Gasteiger partial charge < -0.3 is 4.90 Å². The van der Waals surface area contributed by atoms with E-state index in [-0.39, 0.29) is 0 Å². The van der Waals surface area contributed by atoms with E-state index in [0.717, 1.165) is 30.2 Å². The van der Waals surface area contributed by atoms with Crippen LogP contribution in [-0.2, 0) is 6.42 Å². The van der Waals surface area contributed by atoms with Gasteiger partial charge in [0.2, 0.25) is 0 Å². The fourth-order valence-electron chi connectivity index (χ4n) is 2.60. The highest BCUT2D eigenvalue weighted by atomic mass is 32.1. The Hall–Kier alpha value is -1.16. The van der Waals surface area contributed by atoms with Crippen molar-refractivity contribution >= 4 is 27.4 Å². The summed E-state index contributed by atoms with van der Waals surface area (Å²) in [7, 11) is 0. The molecule has 0 spiro atoms. The predicted octanol–water partition coefficient (Wildman–Crippen LogP) is 3.63. The van der Waals surface area contributed by atoms with Crippen LogP contribution in [-0.4, -0.2) is 23.1 Å². The van der Waals surface area contributed by atoms with Crippen LogP contribution in [0, 0.1) is 0 Å². The Labute approximate surface area is 112 Å². The molecule has 0 aliphatic carbocycles. The van der Waals surface area contributed by atoms with Crippen molar-refractivity contribution in [1.82, 2.24) is 9.97 Å². The molecule has 0 atom stereocenters. The lowest BCUT2D eigenvalue weighted by Gasteiger charge is -2.21. The molecule has 0 radical (unpaired) electrons. The van der Waals surface area contributed by atoms with Gasteiger partial charge in [0.25, 0.3) is 0 Å². The molecule has 3 nitrogen and oxygen atoms in total. The van der Waals surface area contributed by atoms with Crippen molar-refractivity contribution in [3.8, 4) is 0 Å². The molecule has 0 aromatic carbocycles. The Bertz CT molecular complexity index is 527. The summed E-state index contributed by atoms with van der Waals surface area (Å²) in [5, 5.41) is 1.25. The van der Waals surface area contributed by atoms with Crippen LogP contribution < -0.4 is 4.90 Å². The largest absolute Gasteiger partial charge is 0.356 e. The third kappa shape index (κ3) is 2.21. The minimum Gasteiger partial charge on any atom is -0.356 e. The Balaban J connectivity index is 2.01. The molecule has 2 aromatic heterocycles. The molecule has 0 N–H and O–H groups in total. The topological polar surface area (TPSA) is 29.0 Å². The summed E-state index contributed by atoms with van der Waals surface area (Å²) < 4.78 is 0. The molecule has 2 aromatic rings. The van der Waals surface area contributed by atoms with Crippen LogP contribution in [0.2, 0.25) is 0 Å². The second-order valence-corrected chi connectivity index (χ2v) is 6.00. The fraction of sp³-hybridized carbons (Fsp3) is 0.571. The first-order valence-electron chi connectivity index (χ1n) is 6.87. The van der Waals surface area contributed by atoms with Gasteiger partial charge in [0.05, 0.1) is 5.39 Å². The van der Waals surface area contributed by atoms with Crippen LogP contribution in [0.3, 0.4) is 0 Å². The zero-order valence-corrected chi connectivity index (χ0v) is 11.7. The van der Waals surface area contributed by atoms with Crippen LogP contribution in [0.25, 0.3) is 10.2 Å². The van der Waals surface area contributed by atoms with E-state index in [9.17, 15) is 0 Å². The van der Waals surface area contributed by atoms with Crippen molar-refractivity contribution in [2.45, 2.75) is 39.0 Å². The van der Waals surface area contributed by atoms with Gasteiger partial charge in [-0.25, -0.2) is 9.97 Å². The molecule has 0 amide bonds. The van der Waals surface area contributed by atoms with E-state index in [1.165, 1.54) is 35.9 Å². The maximum absolute atomic E-state index is 4.54. The first kappa shape index (κ1) is 11.9. The fourth-order valence-corrected chi connectivity index (χ4v) is 3.53. The monoisotopic (exact) mass is 261 g/mol. The normalized spacial score (nSPS) is 17.1. The van der Waals surface area contributed by atoms with Gasteiger partial charge in [-0.2, -0.15) is 0 Å². The zero-order chi connectivity index (χ0) is 12.4. The smallest absolute Gasteiger partial charge is 0.140 e. The molecule has 0 bridgehead atoms. The summed E-state index contributed by atoms with van der Waals surface area (Å²) in [6, 6.07) is 2.28. The van der Waals surface area contributed by atoms with Gasteiger partial charge in [-0.05, 0) is 25.3 Å². The zero-order valence-electron chi connectivity index (χ0n) is 10.9. The van der Waals surface area contributed by atoms with Gasteiger partial charge in [0, 0.05) is 18.0 Å². The van der Waals surface area contributed by atoms with E-state index in [1.54, 1.807) is 17.7 Å². The number of anilines is 1. The average Bonchev–Trinajstić information content (AvgIpc) is 2.64. The first-order valence-corrected chi connectivity index (χ1v) is 7.68. The van der Waals surface area contributed by atoms with Gasteiger partial charge in [0.1, 0.15) is 17.0 Å². The van der Waals surface area contributed by atoms with Crippen LogP contribution in [0.15, 0.2) is 12.4 Å². The molecule has 4 heteroatoms. The maximum atomic E-state index is 4.54. The molecule has 1 saturated heterocycles. The van der Waals surface area contributed by atoms with Gasteiger partial charge >= 0.3 is 0 Å². The van der Waals surface area contributed by atoms with Crippen LogP contribution in [0.5, 0.6) is 0 Å². The summed E-state index contributed by atoms with van der Waals surface area (Å²) in [5.41, 5.74) is 0. The second kappa shape index (κ2) is 5.22. The number of hydrogen-bond donors (Lipinski definition) is 0. The first-order chi connectivity index (χ1) is 8.88. The molecule has 96 valence electrons. The number of aromatic nitrogens is 2. The van der Waals surface area contributed by atoms with Crippen molar-refractivity contribution in [3.63, 3.8) is 0 Å². The van der Waals surface area contributed by atoms with E-state index in [2.05, 4.69) is 27.9 Å². The summed E-state index contributed by atoms with van der Waals surface area (Å²) in [5.74, 6) is 1.15. The lowest BCUT2D eigenvalue weighted by Crippen LogP contribution is -2.25. The molecule has 3 rings (SSSR count). The van der Waals surface area contributed by atoms with E-state index < -0.39 is 0 Å². The van der Waals surface area contributed by atoms with Crippen LogP contribution >= 0.6 is 11.3 Å². The summed E-state index contributed by atoms with van der Waals surface area (Å²) in [4.78, 5) is 13.9. The highest BCUT2D eigenvalue weighted by Crippen LogP contribution is 2.31. The average molecular weight is 261 g/mol. The summed E-state index contributed by atoms with van der Waals surface area (Å²) in [6.07, 6.45) is 8.09. The molecular formula is C14H19N3S. The van der Waals surface area contributed by atoms with Crippen molar-refractivity contribution < 1.29 is 0 Å². The van der Waals surface area contributed by atoms with Crippen molar-refractivity contribution in [2.24, 2.45) is 0 Å². The highest BCUT2D eigenvalue weighted by Gasteiger charge is 2.15. The molecule has 0 unspecified atom stereocenters. The lowest BCUT2D eigenvalue weighted by molar-refractivity contribution is 0.726. The molecule has 0 saturated carbocycles. The van der Waals surface area contributed by atoms with E-state index in [1.807, 2.05) is 0 Å². The molecule has 1 fully saturated rings. The minimum atomic E-state index is 1.08. The van der Waals surface area contributed by atoms with E-state index in [4.69, 9.17) is 0 Å². The Morgan fingerprint density at radius 3 is 2.67 bits per heavy atom. The third-order valence-corrected chi connectivity index (χ3v) is 4.80. The Kier molecular flexibility index (Phi) is 3.46. The SMILES string of the molecule is CCc1cc2c(N3CCCCCC3)ncnc2s1. The van der Waals surface area contributed by atoms with Gasteiger partial charge in [0.15, 0.2) is 0 Å². The highest BCUT2D eigenvalue weighted by molar-refractivity contribution is 7.18. The summed E-state index contributed by atoms with van der Waals surface area (Å²) in [6.45, 7) is 4.48. The lowest BCUT2D eigenvalue weighted by atomic mass is 10.2. The summed E-state index contributed by atoms with van der Waals surface area (Å²) >= 11 is 1.80. The Morgan fingerprint density at radius 2 is 1.94 bits per heavy atom. The van der Waals surface area contributed by atoms with Gasteiger partial charge in [-0.3, -0.25) is 0 Å². The van der Waals surface area contributed by atoms with Crippen molar-refractivity contribution in [2.75, 3.05) is 18.0 Å². The minimum absolute atomic E-state index is 1.08. The molecule has 18 heavy (non-hydrogen) atoms. The van der Waals surface area contributed by atoms with E-state index in [0.29, 0.717) is 0 Å². The number of thiophene rings is 1. The molecule has 1 aliphatic heterocycles. The van der Waals surface area contributed by atoms with Gasteiger partial charge in [-0.15, -0.1) is 11.3 Å². The maximum Gasteiger partial charge on any atom is 0.140 e. The molecular weight excluding hydrogens is 242 g/mol. The number of fused-ring (bicyclic) bond motifs is 1. The van der Waals surface area contributed by atoms with Gasteiger partial charge in [-0.1, -0.05) is 19.8 Å². The molecule has 1 aliphatic rings. The number of aryl methyl sites for hydroxylation is 1. The number of hydrogen-bond acceptors (Lipinski definition) is 4. The van der Waals surface area contributed by atoms with Crippen molar-refractivity contribution in [3.05, 3.63) is 17.3 Å². The second-order valence-electron chi connectivity index (χ2n) is 4.88. The third-order valence-electron chi connectivity index (χ3n) is 3.61. The van der Waals surface area contributed by atoms with Crippen LogP contribution in [0.1, 0.15) is 37.5 Å². The molecule has 3 heterocycles. The number of rotatable bonds is 2. The standard InChI is InChI=1S/C14H19N3S/c1-2-11-9-12-13(15-10-16-14(12)18-11)17-7-5-3-4-6-8-17/h9-10H,2-8H2,1H3. The van der Waals surface area contributed by atoms with Crippen LogP contribution in [0.4, 0.5) is 5.82 Å². The van der Waals surface area contributed by atoms with Crippen molar-refractivity contribution in [1.29, 1.82) is 0 Å². The quantitative estimate of drug-likeness (QED) is 0.826. The van der Waals surface area contributed by atoms with E-state index >= 15 is 0 Å².